The molecule has 4 aromatic rings. The van der Waals surface area contributed by atoms with Gasteiger partial charge in [-0.2, -0.15) is 4.98 Å². The molecule has 0 aliphatic rings. The molecule has 2 aromatic heterocycles. The lowest BCUT2D eigenvalue weighted by Crippen LogP contribution is -2.23. The van der Waals surface area contributed by atoms with Crippen LogP contribution in [0.4, 0.5) is 13.2 Å². The summed E-state index contributed by atoms with van der Waals surface area (Å²) in [5.74, 6) is -5.39. The molecule has 0 amide bonds. The first-order chi connectivity index (χ1) is 14.8. The highest BCUT2D eigenvalue weighted by molar-refractivity contribution is 5.73. The van der Waals surface area contributed by atoms with Crippen molar-refractivity contribution in [2.24, 2.45) is 0 Å². The van der Waals surface area contributed by atoms with Crippen molar-refractivity contribution in [3.8, 4) is 29.0 Å². The number of carboxylic acid groups (broad SMARTS) is 1. The van der Waals surface area contributed by atoms with Gasteiger partial charge in [-0.3, -0.25) is 0 Å². The third kappa shape index (κ3) is 4.10. The van der Waals surface area contributed by atoms with Crippen LogP contribution in [0.3, 0.4) is 0 Å². The first-order valence-electron chi connectivity index (χ1n) is 8.76. The Hall–Kier alpha value is -4.15. The molecule has 0 spiro atoms. The van der Waals surface area contributed by atoms with Gasteiger partial charge < -0.3 is 19.0 Å². The second kappa shape index (κ2) is 7.94. The zero-order chi connectivity index (χ0) is 22.1. The molecule has 1 unspecified atom stereocenters. The van der Waals surface area contributed by atoms with Crippen LogP contribution in [0.2, 0.25) is 0 Å². The summed E-state index contributed by atoms with van der Waals surface area (Å²) < 4.78 is 57.8. The first kappa shape index (κ1) is 20.1. The van der Waals surface area contributed by atoms with E-state index in [9.17, 15) is 18.0 Å². The van der Waals surface area contributed by atoms with Crippen LogP contribution in [0.1, 0.15) is 6.92 Å². The van der Waals surface area contributed by atoms with Crippen molar-refractivity contribution in [2.45, 2.75) is 13.0 Å². The minimum atomic E-state index is -1.46. The highest BCUT2D eigenvalue weighted by Crippen LogP contribution is 2.31. The SMILES string of the molecule is CC(Oc1c(F)cc(-c2nc3cnc(Oc4ccccc4F)nc3o2)cc1F)C(=O)O. The molecule has 0 aliphatic carbocycles. The minimum absolute atomic E-state index is 0.0584. The van der Waals surface area contributed by atoms with Crippen LogP contribution in [0.25, 0.3) is 22.7 Å². The van der Waals surface area contributed by atoms with Gasteiger partial charge in [0.05, 0.1) is 6.20 Å². The lowest BCUT2D eigenvalue weighted by Gasteiger charge is -2.12. The maximum atomic E-state index is 14.3. The molecular weight excluding hydrogens is 419 g/mol. The van der Waals surface area contributed by atoms with E-state index < -0.39 is 35.3 Å². The number of hydrogen-bond acceptors (Lipinski definition) is 7. The molecule has 0 saturated carbocycles. The summed E-state index contributed by atoms with van der Waals surface area (Å²) >= 11 is 0. The highest BCUT2D eigenvalue weighted by Gasteiger charge is 2.22. The lowest BCUT2D eigenvalue weighted by molar-refractivity contribution is -0.144. The third-order valence-corrected chi connectivity index (χ3v) is 4.05. The molecule has 4 rings (SSSR count). The second-order valence-corrected chi connectivity index (χ2v) is 6.26. The maximum Gasteiger partial charge on any atom is 0.344 e. The molecule has 158 valence electrons. The number of aliphatic carboxylic acids is 1. The number of aromatic nitrogens is 3. The first-order valence-corrected chi connectivity index (χ1v) is 8.76. The summed E-state index contributed by atoms with van der Waals surface area (Å²) in [5.41, 5.74) is 0.0217. The van der Waals surface area contributed by atoms with Crippen molar-refractivity contribution >= 4 is 17.2 Å². The Balaban J connectivity index is 1.64. The van der Waals surface area contributed by atoms with Gasteiger partial charge in [-0.05, 0) is 31.2 Å². The third-order valence-electron chi connectivity index (χ3n) is 4.05. The molecule has 1 atom stereocenters. The molecule has 2 aromatic carbocycles. The summed E-state index contributed by atoms with van der Waals surface area (Å²) in [5, 5.41) is 8.83. The van der Waals surface area contributed by atoms with E-state index in [0.717, 1.165) is 19.1 Å². The predicted octanol–water partition coefficient (Wildman–Crippen LogP) is 4.35. The van der Waals surface area contributed by atoms with Crippen molar-refractivity contribution in [3.05, 3.63) is 60.0 Å². The fourth-order valence-electron chi connectivity index (χ4n) is 2.54. The summed E-state index contributed by atoms with van der Waals surface area (Å²) in [6.07, 6.45) is -0.216. The van der Waals surface area contributed by atoms with Crippen LogP contribution >= 0.6 is 0 Å². The number of halogens is 3. The average molecular weight is 431 g/mol. The van der Waals surface area contributed by atoms with Crippen molar-refractivity contribution in [1.82, 2.24) is 15.0 Å². The number of rotatable bonds is 6. The molecule has 8 nitrogen and oxygen atoms in total. The van der Waals surface area contributed by atoms with Gasteiger partial charge in [-0.1, -0.05) is 12.1 Å². The van der Waals surface area contributed by atoms with E-state index in [1.165, 1.54) is 24.4 Å². The smallest absolute Gasteiger partial charge is 0.344 e. The number of carbonyl (C=O) groups is 1. The van der Waals surface area contributed by atoms with Gasteiger partial charge in [0.15, 0.2) is 35.1 Å². The molecule has 2 heterocycles. The van der Waals surface area contributed by atoms with Crippen molar-refractivity contribution in [3.63, 3.8) is 0 Å². The van der Waals surface area contributed by atoms with Crippen molar-refractivity contribution < 1.29 is 37.0 Å². The van der Waals surface area contributed by atoms with Gasteiger partial charge in [0.1, 0.15) is 5.52 Å². The van der Waals surface area contributed by atoms with E-state index in [2.05, 4.69) is 15.0 Å². The molecule has 0 bridgehead atoms. The van der Waals surface area contributed by atoms with E-state index in [4.69, 9.17) is 19.0 Å². The number of fused-ring (bicyclic) bond motifs is 1. The minimum Gasteiger partial charge on any atom is -0.479 e. The largest absolute Gasteiger partial charge is 0.479 e. The van der Waals surface area contributed by atoms with Crippen LogP contribution in [0.15, 0.2) is 47.0 Å². The molecule has 0 fully saturated rings. The van der Waals surface area contributed by atoms with Crippen LogP contribution in [-0.2, 0) is 4.79 Å². The number of oxazole rings is 1. The fourth-order valence-corrected chi connectivity index (χ4v) is 2.54. The Morgan fingerprint density at radius 1 is 1.10 bits per heavy atom. The monoisotopic (exact) mass is 431 g/mol. The van der Waals surface area contributed by atoms with E-state index in [1.54, 1.807) is 6.07 Å². The van der Waals surface area contributed by atoms with E-state index in [0.29, 0.717) is 0 Å². The summed E-state index contributed by atoms with van der Waals surface area (Å²) in [4.78, 5) is 22.8. The number of para-hydroxylation sites is 1. The number of hydrogen-bond donors (Lipinski definition) is 1. The van der Waals surface area contributed by atoms with Gasteiger partial charge in [0.25, 0.3) is 5.71 Å². The molecule has 0 radical (unpaired) electrons. The Morgan fingerprint density at radius 3 is 2.48 bits per heavy atom. The topological polar surface area (TPSA) is 108 Å². The summed E-state index contributed by atoms with van der Waals surface area (Å²) in [7, 11) is 0. The number of ether oxygens (including phenoxy) is 2. The molecule has 11 heteroatoms. The number of nitrogens with zero attached hydrogens (tertiary/aromatic N) is 3. The summed E-state index contributed by atoms with van der Waals surface area (Å²) in [6, 6.07) is 7.18. The normalized spacial score (nSPS) is 12.0. The van der Waals surface area contributed by atoms with Gasteiger partial charge in [0, 0.05) is 5.56 Å². The Labute approximate surface area is 171 Å². The van der Waals surface area contributed by atoms with Crippen molar-refractivity contribution in [2.75, 3.05) is 0 Å². The highest BCUT2D eigenvalue weighted by atomic mass is 19.1. The summed E-state index contributed by atoms with van der Waals surface area (Å²) in [6.45, 7) is 1.13. The van der Waals surface area contributed by atoms with Crippen molar-refractivity contribution in [1.29, 1.82) is 0 Å². The zero-order valence-electron chi connectivity index (χ0n) is 15.7. The molecule has 31 heavy (non-hydrogen) atoms. The Kier molecular flexibility index (Phi) is 5.15. The Bertz CT molecular complexity index is 1270. The number of benzene rings is 2. The second-order valence-electron chi connectivity index (χ2n) is 6.26. The number of carboxylic acids is 1. The van der Waals surface area contributed by atoms with Gasteiger partial charge >= 0.3 is 12.0 Å². The molecule has 0 saturated heterocycles. The van der Waals surface area contributed by atoms with Crippen LogP contribution < -0.4 is 9.47 Å². The molecular formula is C20H12F3N3O5. The molecule has 0 aliphatic heterocycles. The van der Waals surface area contributed by atoms with Crippen LogP contribution in [0.5, 0.6) is 17.5 Å². The Morgan fingerprint density at radius 2 is 1.81 bits per heavy atom. The fraction of sp³-hybridized carbons (Fsp3) is 0.100. The average Bonchev–Trinajstić information content (AvgIpc) is 3.15. The zero-order valence-corrected chi connectivity index (χ0v) is 15.7. The van der Waals surface area contributed by atoms with E-state index in [1.807, 2.05) is 0 Å². The van der Waals surface area contributed by atoms with Gasteiger partial charge in [-0.25, -0.2) is 27.9 Å². The van der Waals surface area contributed by atoms with Crippen LogP contribution in [0, 0.1) is 17.5 Å². The van der Waals surface area contributed by atoms with Gasteiger partial charge in [0.2, 0.25) is 5.89 Å². The standard InChI is InChI=1S/C20H12F3N3O5/c1-9(19(27)28)29-16-12(22)6-10(7-13(16)23)17-25-14-8-24-20(26-18(14)31-17)30-15-5-3-2-4-11(15)21/h2-9H,1H3,(H,27,28). The van der Waals surface area contributed by atoms with E-state index >= 15 is 0 Å². The molecule has 1 N–H and O–H groups in total. The quantitative estimate of drug-likeness (QED) is 0.480. The van der Waals surface area contributed by atoms with Crippen LogP contribution in [-0.4, -0.2) is 32.1 Å². The maximum absolute atomic E-state index is 14.3. The predicted molar refractivity (Wildman–Crippen MR) is 99.2 cm³/mol. The van der Waals surface area contributed by atoms with E-state index in [-0.39, 0.29) is 34.4 Å². The lowest BCUT2D eigenvalue weighted by atomic mass is 10.2. The van der Waals surface area contributed by atoms with Gasteiger partial charge in [-0.15, -0.1) is 0 Å².